The van der Waals surface area contributed by atoms with E-state index in [4.69, 9.17) is 0 Å². The maximum absolute atomic E-state index is 11.4. The predicted molar refractivity (Wildman–Crippen MR) is 140 cm³/mol. The predicted octanol–water partition coefficient (Wildman–Crippen LogP) is 5.61. The minimum absolute atomic E-state index is 0.210. The number of carboxylic acids is 2. The highest BCUT2D eigenvalue weighted by atomic mass is 16.4. The highest BCUT2D eigenvalue weighted by Gasteiger charge is 2.35. The molecular formula is C29H30N2O5. The maximum atomic E-state index is 11.4. The second kappa shape index (κ2) is 10.0. The topological polar surface area (TPSA) is 101 Å². The van der Waals surface area contributed by atoms with Gasteiger partial charge in [0.25, 0.3) is 0 Å². The Bertz CT molecular complexity index is 1260. The summed E-state index contributed by atoms with van der Waals surface area (Å²) in [4.78, 5) is 26.7. The summed E-state index contributed by atoms with van der Waals surface area (Å²) in [6.45, 7) is 10.1. The van der Waals surface area contributed by atoms with Gasteiger partial charge >= 0.3 is 11.9 Å². The molecule has 2 radical (unpaired) electrons. The van der Waals surface area contributed by atoms with Crippen LogP contribution in [0.5, 0.6) is 0 Å². The lowest BCUT2D eigenvalue weighted by Crippen LogP contribution is -2.38. The molecule has 0 unspecified atom stereocenters. The van der Waals surface area contributed by atoms with Crippen molar-refractivity contribution in [2.45, 2.75) is 39.2 Å². The van der Waals surface area contributed by atoms with E-state index < -0.39 is 17.5 Å². The van der Waals surface area contributed by atoms with Crippen molar-refractivity contribution in [1.82, 2.24) is 0 Å². The molecule has 7 heteroatoms. The van der Waals surface area contributed by atoms with E-state index in [9.17, 15) is 24.9 Å². The van der Waals surface area contributed by atoms with Crippen molar-refractivity contribution in [2.75, 3.05) is 22.9 Å². The average molecular weight is 487 g/mol. The number of benzene rings is 3. The van der Waals surface area contributed by atoms with Gasteiger partial charge in [0.05, 0.1) is 28.1 Å². The van der Waals surface area contributed by atoms with Crippen molar-refractivity contribution in [3.63, 3.8) is 0 Å². The third-order valence-corrected chi connectivity index (χ3v) is 6.10. The first-order valence-electron chi connectivity index (χ1n) is 12.0. The van der Waals surface area contributed by atoms with Gasteiger partial charge in [-0.2, -0.15) is 0 Å². The van der Waals surface area contributed by atoms with Crippen LogP contribution < -0.4 is 9.80 Å². The van der Waals surface area contributed by atoms with Crippen LogP contribution in [0, 0.1) is 6.67 Å². The molecule has 0 atom stereocenters. The zero-order valence-electron chi connectivity index (χ0n) is 20.7. The molecule has 186 valence electrons. The monoisotopic (exact) mass is 486 g/mol. The van der Waals surface area contributed by atoms with E-state index in [1.165, 1.54) is 0 Å². The molecule has 3 aromatic rings. The SMILES string of the molecule is CCCCN1[C]N(CC(C)(C)O)c2c(-c3ccc(C(=O)O)cc3)ccc(-c3ccc(C(=O)O)cc3)c21. The molecule has 0 bridgehead atoms. The van der Waals surface area contributed by atoms with E-state index in [1.54, 1.807) is 62.4 Å². The van der Waals surface area contributed by atoms with E-state index in [2.05, 4.69) is 18.5 Å². The summed E-state index contributed by atoms with van der Waals surface area (Å²) < 4.78 is 0. The molecule has 1 aliphatic rings. The highest BCUT2D eigenvalue weighted by Crippen LogP contribution is 2.50. The number of hydrogen-bond donors (Lipinski definition) is 3. The number of anilines is 2. The third kappa shape index (κ3) is 5.21. The summed E-state index contributed by atoms with van der Waals surface area (Å²) in [6.07, 6.45) is 1.94. The quantitative estimate of drug-likeness (QED) is 0.361. The summed E-state index contributed by atoms with van der Waals surface area (Å²) in [7, 11) is 0. The lowest BCUT2D eigenvalue weighted by Gasteiger charge is -2.27. The van der Waals surface area contributed by atoms with Gasteiger partial charge in [-0.1, -0.05) is 49.7 Å². The first-order chi connectivity index (χ1) is 17.1. The van der Waals surface area contributed by atoms with Crippen LogP contribution in [-0.2, 0) is 0 Å². The number of rotatable bonds is 9. The largest absolute Gasteiger partial charge is 0.478 e. The van der Waals surface area contributed by atoms with Crippen LogP contribution in [0.15, 0.2) is 60.7 Å². The van der Waals surface area contributed by atoms with Gasteiger partial charge in [0.2, 0.25) is 6.67 Å². The van der Waals surface area contributed by atoms with Gasteiger partial charge in [-0.15, -0.1) is 0 Å². The Morgan fingerprint density at radius 2 is 1.22 bits per heavy atom. The second-order valence-corrected chi connectivity index (χ2v) is 9.63. The molecule has 1 heterocycles. The fourth-order valence-electron chi connectivity index (χ4n) is 4.40. The maximum Gasteiger partial charge on any atom is 0.335 e. The summed E-state index contributed by atoms with van der Waals surface area (Å²) in [5.41, 5.74) is 4.78. The van der Waals surface area contributed by atoms with Gasteiger partial charge in [-0.3, -0.25) is 0 Å². The number of β-amino-alcohol motifs (C(OH)–C–C–N with tert-alkyl or cyclic N) is 1. The van der Waals surface area contributed by atoms with Crippen LogP contribution in [0.2, 0.25) is 0 Å². The van der Waals surface area contributed by atoms with Gasteiger partial charge in [0, 0.05) is 24.2 Å². The van der Waals surface area contributed by atoms with Gasteiger partial charge < -0.3 is 25.1 Å². The number of fused-ring (bicyclic) bond motifs is 1. The highest BCUT2D eigenvalue weighted by molar-refractivity contribution is 6.01. The molecule has 0 fully saturated rings. The van der Waals surface area contributed by atoms with E-state index in [-0.39, 0.29) is 11.1 Å². The van der Waals surface area contributed by atoms with Crippen LogP contribution in [-0.4, -0.2) is 45.9 Å². The molecule has 0 aliphatic carbocycles. The Morgan fingerprint density at radius 3 is 1.61 bits per heavy atom. The number of carbonyl (C=O) groups is 2. The molecule has 4 rings (SSSR count). The standard InChI is InChI=1S/C29H30N2O5/c1-4-5-16-30-18-31(17-29(2,3)36)26-24(20-8-12-22(13-9-20)28(34)35)15-14-23(25(26)30)19-6-10-21(11-7-19)27(32)33/h6-15,36H,4-5,16-17H2,1-3H3,(H,32,33)(H,34,35). The summed E-state index contributed by atoms with van der Waals surface area (Å²) in [5, 5.41) is 29.3. The molecule has 0 saturated heterocycles. The number of unbranched alkanes of at least 4 members (excludes halogenated alkanes) is 1. The van der Waals surface area contributed by atoms with Crippen molar-refractivity contribution >= 4 is 23.3 Å². The Labute approximate surface area is 211 Å². The number of nitrogens with zero attached hydrogens (tertiary/aromatic N) is 2. The fraction of sp³-hybridized carbons (Fsp3) is 0.276. The van der Waals surface area contributed by atoms with Crippen molar-refractivity contribution < 1.29 is 24.9 Å². The van der Waals surface area contributed by atoms with Gasteiger partial charge in [-0.25, -0.2) is 9.59 Å². The smallest absolute Gasteiger partial charge is 0.335 e. The van der Waals surface area contributed by atoms with Gasteiger partial charge in [0.15, 0.2) is 0 Å². The Morgan fingerprint density at radius 1 is 0.778 bits per heavy atom. The number of aliphatic hydroxyl groups is 1. The van der Waals surface area contributed by atoms with Gasteiger partial charge in [-0.05, 0) is 55.7 Å². The molecule has 7 nitrogen and oxygen atoms in total. The van der Waals surface area contributed by atoms with E-state index in [0.717, 1.165) is 53.0 Å². The van der Waals surface area contributed by atoms with E-state index in [1.807, 2.05) is 17.0 Å². The van der Waals surface area contributed by atoms with E-state index in [0.29, 0.717) is 6.54 Å². The van der Waals surface area contributed by atoms with Crippen molar-refractivity contribution in [2.24, 2.45) is 0 Å². The minimum atomic E-state index is -0.991. The molecule has 0 amide bonds. The van der Waals surface area contributed by atoms with Crippen LogP contribution in [0.25, 0.3) is 22.3 Å². The van der Waals surface area contributed by atoms with Crippen molar-refractivity contribution in [1.29, 1.82) is 0 Å². The number of aromatic carboxylic acids is 2. The first kappa shape index (κ1) is 25.3. The molecule has 3 N–H and O–H groups in total. The lowest BCUT2D eigenvalue weighted by atomic mass is 9.94. The third-order valence-electron chi connectivity index (χ3n) is 6.10. The number of hydrogen-bond acceptors (Lipinski definition) is 5. The molecule has 36 heavy (non-hydrogen) atoms. The summed E-state index contributed by atoms with van der Waals surface area (Å²) >= 11 is 0. The van der Waals surface area contributed by atoms with Crippen LogP contribution in [0.4, 0.5) is 11.4 Å². The molecule has 0 saturated carbocycles. The molecule has 3 aromatic carbocycles. The van der Waals surface area contributed by atoms with Crippen molar-refractivity contribution in [3.05, 3.63) is 78.5 Å². The van der Waals surface area contributed by atoms with Crippen LogP contribution in [0.1, 0.15) is 54.3 Å². The Hall–Kier alpha value is -3.84. The fourth-order valence-corrected chi connectivity index (χ4v) is 4.40. The van der Waals surface area contributed by atoms with Gasteiger partial charge in [0.1, 0.15) is 0 Å². The first-order valence-corrected chi connectivity index (χ1v) is 12.0. The zero-order chi connectivity index (χ0) is 26.0. The minimum Gasteiger partial charge on any atom is -0.478 e. The van der Waals surface area contributed by atoms with Crippen LogP contribution >= 0.6 is 0 Å². The van der Waals surface area contributed by atoms with E-state index >= 15 is 0 Å². The average Bonchev–Trinajstić information content (AvgIpc) is 3.19. The second-order valence-electron chi connectivity index (χ2n) is 9.63. The zero-order valence-corrected chi connectivity index (χ0v) is 20.7. The molecule has 1 aliphatic heterocycles. The molecule has 0 aromatic heterocycles. The number of carboxylic acid groups (broad SMARTS) is 2. The molecule has 0 spiro atoms. The Balaban J connectivity index is 1.91. The lowest BCUT2D eigenvalue weighted by molar-refractivity contribution is 0.0686. The van der Waals surface area contributed by atoms with Crippen LogP contribution in [0.3, 0.4) is 0 Å². The molecular weight excluding hydrogens is 456 g/mol. The van der Waals surface area contributed by atoms with Crippen molar-refractivity contribution in [3.8, 4) is 22.3 Å². The Kier molecular flexibility index (Phi) is 7.04. The normalized spacial score (nSPS) is 13.1. The summed E-state index contributed by atoms with van der Waals surface area (Å²) in [5.74, 6) is -1.96. The summed E-state index contributed by atoms with van der Waals surface area (Å²) in [6, 6.07) is 17.5.